The molecule has 0 unspecified atom stereocenters. The Labute approximate surface area is 159 Å². The Kier molecular flexibility index (Phi) is 10.1. The van der Waals surface area contributed by atoms with Gasteiger partial charge in [-0.3, -0.25) is 0 Å². The molecule has 0 bridgehead atoms. The standard InChI is InChI=1S/C21H37N3O2/c1-6-21(7-2,12-13-25)16-24-20(22-8-3)23-15-18-11-10-17(5)14-19(18)26-9-4/h10-11,14,25H,6-9,12-13,15-16H2,1-5H3,(H2,22,23,24). The summed E-state index contributed by atoms with van der Waals surface area (Å²) >= 11 is 0. The molecule has 0 aromatic heterocycles. The Bertz CT molecular complexity index is 554. The minimum atomic E-state index is 0.102. The van der Waals surface area contributed by atoms with Crippen molar-refractivity contribution in [3.63, 3.8) is 0 Å². The molecule has 1 aromatic rings. The summed E-state index contributed by atoms with van der Waals surface area (Å²) in [6.45, 7) is 13.5. The molecule has 0 fully saturated rings. The van der Waals surface area contributed by atoms with E-state index in [2.05, 4.69) is 56.5 Å². The molecule has 0 aliphatic rings. The summed E-state index contributed by atoms with van der Waals surface area (Å²) in [6.07, 6.45) is 2.87. The predicted molar refractivity (Wildman–Crippen MR) is 110 cm³/mol. The van der Waals surface area contributed by atoms with Gasteiger partial charge < -0.3 is 20.5 Å². The van der Waals surface area contributed by atoms with Crippen LogP contribution in [0.15, 0.2) is 23.2 Å². The molecule has 3 N–H and O–H groups in total. The highest BCUT2D eigenvalue weighted by Crippen LogP contribution is 2.29. The van der Waals surface area contributed by atoms with E-state index >= 15 is 0 Å². The zero-order chi connectivity index (χ0) is 19.4. The molecule has 26 heavy (non-hydrogen) atoms. The molecule has 0 saturated heterocycles. The highest BCUT2D eigenvalue weighted by molar-refractivity contribution is 5.79. The van der Waals surface area contributed by atoms with Crippen molar-refractivity contribution in [3.05, 3.63) is 29.3 Å². The van der Waals surface area contributed by atoms with Gasteiger partial charge in [-0.15, -0.1) is 0 Å². The van der Waals surface area contributed by atoms with E-state index in [-0.39, 0.29) is 12.0 Å². The van der Waals surface area contributed by atoms with Crippen LogP contribution in [-0.2, 0) is 6.54 Å². The Hall–Kier alpha value is -1.75. The van der Waals surface area contributed by atoms with Crippen LogP contribution in [0.5, 0.6) is 5.75 Å². The van der Waals surface area contributed by atoms with Gasteiger partial charge in [0.05, 0.1) is 13.2 Å². The smallest absolute Gasteiger partial charge is 0.191 e. The predicted octanol–water partition coefficient (Wildman–Crippen LogP) is 3.64. The van der Waals surface area contributed by atoms with Gasteiger partial charge in [0.2, 0.25) is 0 Å². The maximum Gasteiger partial charge on any atom is 0.191 e. The number of benzene rings is 1. The molecule has 0 aliphatic carbocycles. The Balaban J connectivity index is 2.86. The fourth-order valence-corrected chi connectivity index (χ4v) is 3.04. The number of rotatable bonds is 11. The van der Waals surface area contributed by atoms with Crippen molar-refractivity contribution in [1.82, 2.24) is 10.6 Å². The molecule has 0 radical (unpaired) electrons. The number of hydrogen-bond acceptors (Lipinski definition) is 3. The van der Waals surface area contributed by atoms with Gasteiger partial charge in [0, 0.05) is 25.3 Å². The Morgan fingerprint density at radius 1 is 1.15 bits per heavy atom. The topological polar surface area (TPSA) is 65.9 Å². The molecule has 1 aromatic carbocycles. The molecule has 0 amide bonds. The van der Waals surface area contributed by atoms with Crippen molar-refractivity contribution < 1.29 is 9.84 Å². The monoisotopic (exact) mass is 363 g/mol. The molecule has 0 spiro atoms. The van der Waals surface area contributed by atoms with Crippen molar-refractivity contribution >= 4 is 5.96 Å². The van der Waals surface area contributed by atoms with E-state index in [0.29, 0.717) is 13.2 Å². The van der Waals surface area contributed by atoms with Crippen LogP contribution in [0, 0.1) is 12.3 Å². The van der Waals surface area contributed by atoms with Crippen LogP contribution in [0.3, 0.4) is 0 Å². The van der Waals surface area contributed by atoms with Gasteiger partial charge in [-0.2, -0.15) is 0 Å². The number of aliphatic imine (C=N–C) groups is 1. The average Bonchev–Trinajstić information content (AvgIpc) is 2.64. The highest BCUT2D eigenvalue weighted by Gasteiger charge is 2.25. The summed E-state index contributed by atoms with van der Waals surface area (Å²) in [5.74, 6) is 1.71. The molecule has 0 heterocycles. The van der Waals surface area contributed by atoms with Gasteiger partial charge in [-0.25, -0.2) is 4.99 Å². The number of guanidine groups is 1. The van der Waals surface area contributed by atoms with Crippen LogP contribution >= 0.6 is 0 Å². The second-order valence-corrected chi connectivity index (χ2v) is 6.77. The quantitative estimate of drug-likeness (QED) is 0.415. The fraction of sp³-hybridized carbons (Fsp3) is 0.667. The number of ether oxygens (including phenoxy) is 1. The van der Waals surface area contributed by atoms with Crippen molar-refractivity contribution in [2.75, 3.05) is 26.3 Å². The second kappa shape index (κ2) is 11.8. The summed E-state index contributed by atoms with van der Waals surface area (Å²) in [6, 6.07) is 6.24. The van der Waals surface area contributed by atoms with E-state index < -0.39 is 0 Å². The number of hydrogen-bond donors (Lipinski definition) is 3. The van der Waals surface area contributed by atoms with Gasteiger partial charge in [0.25, 0.3) is 0 Å². The van der Waals surface area contributed by atoms with Crippen molar-refractivity contribution in [2.24, 2.45) is 10.4 Å². The largest absolute Gasteiger partial charge is 0.494 e. The van der Waals surface area contributed by atoms with Crippen LogP contribution < -0.4 is 15.4 Å². The number of nitrogens with zero attached hydrogens (tertiary/aromatic N) is 1. The summed E-state index contributed by atoms with van der Waals surface area (Å²) in [5.41, 5.74) is 2.37. The van der Waals surface area contributed by atoms with E-state index in [1.165, 1.54) is 5.56 Å². The molecule has 0 atom stereocenters. The third-order valence-electron chi connectivity index (χ3n) is 5.05. The fourth-order valence-electron chi connectivity index (χ4n) is 3.04. The first kappa shape index (κ1) is 22.3. The zero-order valence-corrected chi connectivity index (χ0v) is 17.2. The summed E-state index contributed by atoms with van der Waals surface area (Å²) in [4.78, 5) is 4.74. The molecule has 1 rings (SSSR count). The summed E-state index contributed by atoms with van der Waals surface area (Å²) < 4.78 is 5.75. The first-order valence-electron chi connectivity index (χ1n) is 9.89. The lowest BCUT2D eigenvalue weighted by Gasteiger charge is -2.32. The van der Waals surface area contributed by atoms with Gasteiger partial charge in [-0.1, -0.05) is 26.0 Å². The Morgan fingerprint density at radius 3 is 2.46 bits per heavy atom. The van der Waals surface area contributed by atoms with E-state index in [1.54, 1.807) is 0 Å². The van der Waals surface area contributed by atoms with E-state index in [0.717, 1.165) is 49.6 Å². The molecular weight excluding hydrogens is 326 g/mol. The van der Waals surface area contributed by atoms with Gasteiger partial charge in [0.15, 0.2) is 5.96 Å². The van der Waals surface area contributed by atoms with Crippen molar-refractivity contribution in [3.8, 4) is 5.75 Å². The molecule has 0 aliphatic heterocycles. The van der Waals surface area contributed by atoms with Gasteiger partial charge in [-0.05, 0) is 57.1 Å². The lowest BCUT2D eigenvalue weighted by Crippen LogP contribution is -2.43. The van der Waals surface area contributed by atoms with Crippen LogP contribution in [0.4, 0.5) is 0 Å². The third-order valence-corrected chi connectivity index (χ3v) is 5.05. The van der Waals surface area contributed by atoms with Gasteiger partial charge in [0.1, 0.15) is 5.75 Å². The van der Waals surface area contributed by atoms with E-state index in [4.69, 9.17) is 9.73 Å². The first-order chi connectivity index (χ1) is 12.5. The maximum absolute atomic E-state index is 9.40. The van der Waals surface area contributed by atoms with Crippen molar-refractivity contribution in [1.29, 1.82) is 0 Å². The maximum atomic E-state index is 9.40. The summed E-state index contributed by atoms with van der Waals surface area (Å²) in [7, 11) is 0. The number of aliphatic hydroxyl groups excluding tert-OH is 1. The first-order valence-corrected chi connectivity index (χ1v) is 9.89. The van der Waals surface area contributed by atoms with Crippen LogP contribution in [0.2, 0.25) is 0 Å². The normalized spacial score (nSPS) is 12.2. The lowest BCUT2D eigenvalue weighted by molar-refractivity contribution is 0.169. The van der Waals surface area contributed by atoms with Gasteiger partial charge >= 0.3 is 0 Å². The van der Waals surface area contributed by atoms with E-state index in [1.807, 2.05) is 6.92 Å². The third kappa shape index (κ3) is 6.87. The lowest BCUT2D eigenvalue weighted by atomic mass is 9.79. The molecular formula is C21H37N3O2. The zero-order valence-electron chi connectivity index (χ0n) is 17.2. The molecule has 5 nitrogen and oxygen atoms in total. The molecule has 148 valence electrons. The van der Waals surface area contributed by atoms with Crippen LogP contribution in [0.1, 0.15) is 58.1 Å². The number of aliphatic hydroxyl groups is 1. The van der Waals surface area contributed by atoms with Crippen molar-refractivity contribution in [2.45, 2.75) is 60.4 Å². The molecule has 5 heteroatoms. The minimum absolute atomic E-state index is 0.102. The molecule has 0 saturated carbocycles. The Morgan fingerprint density at radius 2 is 1.88 bits per heavy atom. The average molecular weight is 364 g/mol. The summed E-state index contributed by atoms with van der Waals surface area (Å²) in [5, 5.41) is 16.2. The second-order valence-electron chi connectivity index (χ2n) is 6.77. The number of aryl methyl sites for hydroxylation is 1. The SMILES string of the molecule is CCNC(=NCc1ccc(C)cc1OCC)NCC(CC)(CC)CCO. The van der Waals surface area contributed by atoms with Crippen LogP contribution in [-0.4, -0.2) is 37.4 Å². The number of nitrogens with one attached hydrogen (secondary N) is 2. The highest BCUT2D eigenvalue weighted by atomic mass is 16.5. The van der Waals surface area contributed by atoms with Crippen LogP contribution in [0.25, 0.3) is 0 Å². The minimum Gasteiger partial charge on any atom is -0.494 e. The van der Waals surface area contributed by atoms with E-state index in [9.17, 15) is 5.11 Å².